The van der Waals surface area contributed by atoms with Gasteiger partial charge in [0.15, 0.2) is 0 Å². The molecule has 0 bridgehead atoms. The highest BCUT2D eigenvalue weighted by atomic mass is 35.5. The van der Waals surface area contributed by atoms with Crippen molar-refractivity contribution in [3.63, 3.8) is 0 Å². The first-order chi connectivity index (χ1) is 10.5. The molecule has 0 radical (unpaired) electrons. The van der Waals surface area contributed by atoms with E-state index in [1.54, 1.807) is 19.2 Å². The van der Waals surface area contributed by atoms with Crippen LogP contribution >= 0.6 is 34.8 Å². The van der Waals surface area contributed by atoms with E-state index in [4.69, 9.17) is 39.5 Å². The minimum absolute atomic E-state index is 0.208. The Bertz CT molecular complexity index is 652. The summed E-state index contributed by atoms with van der Waals surface area (Å²) < 4.78 is 5.06. The van der Waals surface area contributed by atoms with Gasteiger partial charge in [-0.15, -0.1) is 0 Å². The van der Waals surface area contributed by atoms with Gasteiger partial charge in [0, 0.05) is 5.02 Å². The molecule has 7 heteroatoms. The van der Waals surface area contributed by atoms with Crippen LogP contribution in [0.5, 0.6) is 5.75 Å². The molecule has 0 saturated carbocycles. The molecule has 0 aromatic heterocycles. The zero-order chi connectivity index (χ0) is 16.1. The molecule has 0 heterocycles. The number of hydrogen-bond donors (Lipinski definition) is 2. The lowest BCUT2D eigenvalue weighted by Gasteiger charge is -2.12. The number of hydrazine groups is 1. The average Bonchev–Trinajstić information content (AvgIpc) is 2.47. The second-order valence-corrected chi connectivity index (χ2v) is 5.69. The Balaban J connectivity index is 1.95. The van der Waals surface area contributed by atoms with Crippen molar-refractivity contribution in [3.8, 4) is 5.75 Å². The summed E-state index contributed by atoms with van der Waals surface area (Å²) in [5.41, 5.74) is 6.50. The fraction of sp³-hybridized carbons (Fsp3) is 0.133. The molecule has 2 aromatic carbocycles. The lowest BCUT2D eigenvalue weighted by Crippen LogP contribution is -2.31. The Hall–Kier alpha value is -1.62. The molecule has 2 rings (SSSR count). The van der Waals surface area contributed by atoms with Crippen LogP contribution in [0.4, 0.5) is 5.69 Å². The second kappa shape index (κ2) is 7.58. The van der Waals surface area contributed by atoms with Crippen molar-refractivity contribution in [1.29, 1.82) is 0 Å². The molecule has 2 N–H and O–H groups in total. The summed E-state index contributed by atoms with van der Waals surface area (Å²) in [6.45, 7) is 0. The van der Waals surface area contributed by atoms with Gasteiger partial charge >= 0.3 is 0 Å². The first-order valence-electron chi connectivity index (χ1n) is 6.32. The van der Waals surface area contributed by atoms with Crippen molar-refractivity contribution in [2.45, 2.75) is 6.42 Å². The molecule has 0 spiro atoms. The Morgan fingerprint density at radius 3 is 2.23 bits per heavy atom. The summed E-state index contributed by atoms with van der Waals surface area (Å²) in [7, 11) is 1.59. The van der Waals surface area contributed by atoms with Gasteiger partial charge in [0.25, 0.3) is 0 Å². The van der Waals surface area contributed by atoms with E-state index in [0.717, 1.165) is 11.3 Å². The van der Waals surface area contributed by atoms with Gasteiger partial charge in [-0.05, 0) is 29.8 Å². The van der Waals surface area contributed by atoms with Gasteiger partial charge in [-0.25, -0.2) is 0 Å². The largest absolute Gasteiger partial charge is 0.497 e. The summed E-state index contributed by atoms with van der Waals surface area (Å²) in [4.78, 5) is 11.9. The molecule has 22 heavy (non-hydrogen) atoms. The maximum absolute atomic E-state index is 11.9. The van der Waals surface area contributed by atoms with E-state index < -0.39 is 0 Å². The van der Waals surface area contributed by atoms with Crippen molar-refractivity contribution in [2.24, 2.45) is 0 Å². The van der Waals surface area contributed by atoms with Crippen molar-refractivity contribution >= 4 is 46.4 Å². The van der Waals surface area contributed by atoms with Crippen LogP contribution in [-0.4, -0.2) is 13.0 Å². The highest BCUT2D eigenvalue weighted by Crippen LogP contribution is 2.33. The topological polar surface area (TPSA) is 50.4 Å². The van der Waals surface area contributed by atoms with E-state index in [2.05, 4.69) is 10.9 Å². The van der Waals surface area contributed by atoms with E-state index in [1.165, 1.54) is 12.1 Å². The summed E-state index contributed by atoms with van der Waals surface area (Å²) >= 11 is 17.9. The normalized spacial score (nSPS) is 10.2. The van der Waals surface area contributed by atoms with E-state index in [-0.39, 0.29) is 12.3 Å². The van der Waals surface area contributed by atoms with E-state index in [0.29, 0.717) is 20.8 Å². The van der Waals surface area contributed by atoms with E-state index in [9.17, 15) is 4.79 Å². The quantitative estimate of drug-likeness (QED) is 0.781. The van der Waals surface area contributed by atoms with Gasteiger partial charge in [-0.1, -0.05) is 46.9 Å². The van der Waals surface area contributed by atoms with Crippen molar-refractivity contribution in [2.75, 3.05) is 12.5 Å². The van der Waals surface area contributed by atoms with E-state index in [1.807, 2.05) is 12.1 Å². The number of carbonyl (C=O) groups excluding carboxylic acids is 1. The predicted octanol–water partition coefficient (Wildman–Crippen LogP) is 4.34. The van der Waals surface area contributed by atoms with Crippen LogP contribution in [0.3, 0.4) is 0 Å². The molecule has 2 aromatic rings. The van der Waals surface area contributed by atoms with Gasteiger partial charge in [-0.2, -0.15) is 0 Å². The SMILES string of the molecule is COc1ccc(CC(=O)NNc2c(Cl)cc(Cl)cc2Cl)cc1. The average molecular weight is 360 g/mol. The Labute approximate surface area is 143 Å². The fourth-order valence-corrected chi connectivity index (χ4v) is 2.68. The van der Waals surface area contributed by atoms with Crippen LogP contribution in [0.15, 0.2) is 36.4 Å². The minimum atomic E-state index is -0.229. The molecular formula is C15H13Cl3N2O2. The van der Waals surface area contributed by atoms with Gasteiger partial charge in [0.2, 0.25) is 5.91 Å². The Morgan fingerprint density at radius 1 is 1.09 bits per heavy atom. The van der Waals surface area contributed by atoms with Crippen molar-refractivity contribution in [3.05, 3.63) is 57.0 Å². The third-order valence-corrected chi connectivity index (χ3v) is 3.67. The number of halogens is 3. The zero-order valence-electron chi connectivity index (χ0n) is 11.6. The first-order valence-corrected chi connectivity index (χ1v) is 7.45. The zero-order valence-corrected chi connectivity index (χ0v) is 13.9. The number of rotatable bonds is 5. The molecule has 0 saturated heterocycles. The molecule has 4 nitrogen and oxygen atoms in total. The number of anilines is 1. The third-order valence-electron chi connectivity index (χ3n) is 2.86. The highest BCUT2D eigenvalue weighted by molar-refractivity contribution is 6.41. The number of nitrogens with one attached hydrogen (secondary N) is 2. The molecule has 1 amide bonds. The number of ether oxygens (including phenoxy) is 1. The second-order valence-electron chi connectivity index (χ2n) is 4.44. The smallest absolute Gasteiger partial charge is 0.242 e. The molecule has 0 fully saturated rings. The summed E-state index contributed by atoms with van der Waals surface area (Å²) in [6.07, 6.45) is 0.208. The van der Waals surface area contributed by atoms with Gasteiger partial charge in [0.1, 0.15) is 5.75 Å². The fourth-order valence-electron chi connectivity index (χ4n) is 1.77. The molecular weight excluding hydrogens is 347 g/mol. The number of amides is 1. The summed E-state index contributed by atoms with van der Waals surface area (Å²) in [5.74, 6) is 0.509. The summed E-state index contributed by atoms with van der Waals surface area (Å²) in [5, 5.41) is 1.06. The van der Waals surface area contributed by atoms with E-state index >= 15 is 0 Å². The lowest BCUT2D eigenvalue weighted by molar-refractivity contribution is -0.119. The van der Waals surface area contributed by atoms with Crippen LogP contribution < -0.4 is 15.6 Å². The Morgan fingerprint density at radius 2 is 1.68 bits per heavy atom. The third kappa shape index (κ3) is 4.44. The summed E-state index contributed by atoms with van der Waals surface area (Å²) in [6, 6.07) is 10.3. The first kappa shape index (κ1) is 16.7. The van der Waals surface area contributed by atoms with Gasteiger partial charge < -0.3 is 4.74 Å². The molecule has 0 aliphatic rings. The number of benzene rings is 2. The van der Waals surface area contributed by atoms with Gasteiger partial charge in [-0.3, -0.25) is 15.6 Å². The van der Waals surface area contributed by atoms with Crippen LogP contribution in [0.1, 0.15) is 5.56 Å². The van der Waals surface area contributed by atoms with Crippen LogP contribution in [0.25, 0.3) is 0 Å². The maximum Gasteiger partial charge on any atom is 0.242 e. The molecule has 116 valence electrons. The number of hydrogen-bond acceptors (Lipinski definition) is 3. The number of methoxy groups -OCH3 is 1. The monoisotopic (exact) mass is 358 g/mol. The van der Waals surface area contributed by atoms with Crippen LogP contribution in [-0.2, 0) is 11.2 Å². The molecule has 0 aliphatic heterocycles. The lowest BCUT2D eigenvalue weighted by atomic mass is 10.1. The molecule has 0 unspecified atom stereocenters. The number of carbonyl (C=O) groups is 1. The van der Waals surface area contributed by atoms with Crippen molar-refractivity contribution < 1.29 is 9.53 Å². The molecule has 0 aliphatic carbocycles. The minimum Gasteiger partial charge on any atom is -0.497 e. The maximum atomic E-state index is 11.9. The van der Waals surface area contributed by atoms with Crippen molar-refractivity contribution in [1.82, 2.24) is 5.43 Å². The Kier molecular flexibility index (Phi) is 5.77. The standard InChI is InChI=1S/C15H13Cl3N2O2/c1-22-11-4-2-9(3-5-11)6-14(21)19-20-15-12(17)7-10(16)8-13(15)18/h2-5,7-8,20H,6H2,1H3,(H,19,21). The van der Waals surface area contributed by atoms with Crippen LogP contribution in [0.2, 0.25) is 15.1 Å². The van der Waals surface area contributed by atoms with Gasteiger partial charge in [0.05, 0.1) is 29.3 Å². The van der Waals surface area contributed by atoms with Crippen LogP contribution in [0, 0.1) is 0 Å². The molecule has 0 atom stereocenters. The predicted molar refractivity (Wildman–Crippen MR) is 89.9 cm³/mol. The highest BCUT2D eigenvalue weighted by Gasteiger charge is 2.09.